The number of allylic oxidation sites excluding steroid dienone is 1. The molecule has 4 aromatic rings. The Morgan fingerprint density at radius 1 is 0.893 bits per heavy atom. The molecule has 138 valence electrons. The largest absolute Gasteiger partial charge is 0.143 e. The first-order valence-electron chi connectivity index (χ1n) is 9.73. The van der Waals surface area contributed by atoms with Crippen LogP contribution in [0.5, 0.6) is 0 Å². The average molecular weight is 399 g/mol. The Hall–Kier alpha value is -2.42. The first kappa shape index (κ1) is 17.7. The van der Waals surface area contributed by atoms with Gasteiger partial charge in [0, 0.05) is 14.1 Å². The van der Waals surface area contributed by atoms with Gasteiger partial charge in [-0.15, -0.1) is 22.7 Å². The summed E-state index contributed by atoms with van der Waals surface area (Å²) in [6.07, 6.45) is 8.98. The number of benzene rings is 2. The van der Waals surface area contributed by atoms with Gasteiger partial charge in [0.15, 0.2) is 0 Å². The minimum atomic E-state index is 1.10. The molecule has 2 heteroatoms. The van der Waals surface area contributed by atoms with E-state index in [1.165, 1.54) is 52.5 Å². The highest BCUT2D eigenvalue weighted by Crippen LogP contribution is 2.32. The van der Waals surface area contributed by atoms with Gasteiger partial charge in [0.05, 0.1) is 0 Å². The standard InChI is InChI=1S/C26H22S2/c1-17-6-8-19(9-7-17)10-12-22-16-21-4-3-5-24-23(18(2)25(21)28-22)13-11-20-14-15-27-26(20)24/h3-9,11,13-16H,10,12H2,1-2H3/b4-3?,5-3?,21-4-,23-18?,24-5?,25-18-. The molecule has 5 rings (SSSR count). The molecule has 0 amide bonds. The van der Waals surface area contributed by atoms with Gasteiger partial charge in [-0.1, -0.05) is 60.2 Å². The Morgan fingerprint density at radius 3 is 2.61 bits per heavy atom. The molecule has 0 N–H and O–H groups in total. The molecule has 0 nitrogen and oxygen atoms in total. The van der Waals surface area contributed by atoms with Crippen molar-refractivity contribution in [3.63, 3.8) is 0 Å². The SMILES string of the molecule is C/C1=c2/sc(CCc3ccc(C)cc3)c/c2=C/C=Cc2c1ccc1ccsc21. The molecule has 0 radical (unpaired) electrons. The molecule has 0 saturated heterocycles. The normalized spacial score (nSPS) is 16.1. The number of hydrogen-bond donors (Lipinski definition) is 0. The van der Waals surface area contributed by atoms with Crippen LogP contribution in [0.3, 0.4) is 0 Å². The zero-order valence-corrected chi connectivity index (χ0v) is 17.8. The van der Waals surface area contributed by atoms with Crippen LogP contribution in [0.15, 0.2) is 60.0 Å². The van der Waals surface area contributed by atoms with E-state index in [1.54, 1.807) is 0 Å². The van der Waals surface area contributed by atoms with E-state index in [1.807, 2.05) is 22.7 Å². The van der Waals surface area contributed by atoms with Crippen molar-refractivity contribution in [3.05, 3.63) is 96.9 Å². The van der Waals surface area contributed by atoms with Crippen LogP contribution in [0.2, 0.25) is 0 Å². The number of fused-ring (bicyclic) bond motifs is 4. The van der Waals surface area contributed by atoms with Gasteiger partial charge in [-0.2, -0.15) is 0 Å². The van der Waals surface area contributed by atoms with Crippen LogP contribution >= 0.6 is 22.7 Å². The number of thiophene rings is 2. The molecule has 1 aliphatic carbocycles. The molecule has 1 aliphatic rings. The molecule has 0 fully saturated rings. The van der Waals surface area contributed by atoms with Crippen molar-refractivity contribution in [2.75, 3.05) is 0 Å². The van der Waals surface area contributed by atoms with E-state index in [0.717, 1.165) is 12.8 Å². The molecule has 2 aromatic carbocycles. The smallest absolute Gasteiger partial charge is 0.0421 e. The summed E-state index contributed by atoms with van der Waals surface area (Å²) in [7, 11) is 0. The molecule has 28 heavy (non-hydrogen) atoms. The van der Waals surface area contributed by atoms with Crippen LogP contribution in [-0.2, 0) is 12.8 Å². The molecule has 0 unspecified atom stereocenters. The lowest BCUT2D eigenvalue weighted by Crippen LogP contribution is -2.21. The van der Waals surface area contributed by atoms with Crippen LogP contribution in [0.4, 0.5) is 0 Å². The molecule has 0 saturated carbocycles. The van der Waals surface area contributed by atoms with E-state index in [9.17, 15) is 0 Å². The van der Waals surface area contributed by atoms with Gasteiger partial charge in [0.1, 0.15) is 0 Å². The summed E-state index contributed by atoms with van der Waals surface area (Å²) < 4.78 is 2.81. The predicted molar refractivity (Wildman–Crippen MR) is 126 cm³/mol. The topological polar surface area (TPSA) is 0 Å². The Morgan fingerprint density at radius 2 is 1.75 bits per heavy atom. The highest BCUT2D eigenvalue weighted by Gasteiger charge is 2.11. The Labute approximate surface area is 173 Å². The van der Waals surface area contributed by atoms with Gasteiger partial charge >= 0.3 is 0 Å². The number of aryl methyl sites for hydroxylation is 3. The second kappa shape index (κ2) is 7.20. The van der Waals surface area contributed by atoms with E-state index >= 15 is 0 Å². The second-order valence-corrected chi connectivity index (χ2v) is 9.55. The number of hydrogen-bond acceptors (Lipinski definition) is 2. The summed E-state index contributed by atoms with van der Waals surface area (Å²) in [6.45, 7) is 4.43. The highest BCUT2D eigenvalue weighted by molar-refractivity contribution is 7.17. The Bertz CT molecular complexity index is 1310. The summed E-state index contributed by atoms with van der Waals surface area (Å²) in [5.74, 6) is 0. The van der Waals surface area contributed by atoms with Crippen molar-refractivity contribution < 1.29 is 0 Å². The first-order valence-corrected chi connectivity index (χ1v) is 11.4. The van der Waals surface area contributed by atoms with Crippen molar-refractivity contribution in [1.29, 1.82) is 0 Å². The van der Waals surface area contributed by atoms with Gasteiger partial charge in [0.2, 0.25) is 0 Å². The molecule has 2 heterocycles. The van der Waals surface area contributed by atoms with Gasteiger partial charge in [-0.25, -0.2) is 0 Å². The lowest BCUT2D eigenvalue weighted by atomic mass is 9.97. The monoisotopic (exact) mass is 398 g/mol. The lowest BCUT2D eigenvalue weighted by molar-refractivity contribution is 0.979. The van der Waals surface area contributed by atoms with E-state index in [4.69, 9.17) is 0 Å². The predicted octanol–water partition coefficient (Wildman–Crippen LogP) is 6.08. The van der Waals surface area contributed by atoms with Crippen LogP contribution in [0.1, 0.15) is 34.1 Å². The van der Waals surface area contributed by atoms with Crippen LogP contribution < -0.4 is 9.75 Å². The molecular formula is C26H22S2. The van der Waals surface area contributed by atoms with Crippen molar-refractivity contribution >= 4 is 50.5 Å². The summed E-state index contributed by atoms with van der Waals surface area (Å²) >= 11 is 3.80. The fourth-order valence-corrected chi connectivity index (χ4v) is 6.03. The summed E-state index contributed by atoms with van der Waals surface area (Å²) in [5, 5.41) is 4.89. The minimum absolute atomic E-state index is 1.10. The molecule has 0 bridgehead atoms. The summed E-state index contributed by atoms with van der Waals surface area (Å²) in [6, 6.07) is 18.1. The quantitative estimate of drug-likeness (QED) is 0.392. The van der Waals surface area contributed by atoms with Crippen LogP contribution in [0, 0.1) is 6.92 Å². The fraction of sp³-hybridized carbons (Fsp3) is 0.154. The highest BCUT2D eigenvalue weighted by atomic mass is 32.1. The van der Waals surface area contributed by atoms with Crippen LogP contribution in [0.25, 0.3) is 27.8 Å². The average Bonchev–Trinajstić information content (AvgIpc) is 3.33. The number of rotatable bonds is 3. The van der Waals surface area contributed by atoms with E-state index in [-0.39, 0.29) is 0 Å². The van der Waals surface area contributed by atoms with Gasteiger partial charge in [-0.05, 0) is 77.1 Å². The Kier molecular flexibility index (Phi) is 4.54. The first-order chi connectivity index (χ1) is 13.7. The molecular weight excluding hydrogens is 376 g/mol. The van der Waals surface area contributed by atoms with Gasteiger partial charge < -0.3 is 0 Å². The molecule has 0 spiro atoms. The maximum absolute atomic E-state index is 2.39. The van der Waals surface area contributed by atoms with E-state index in [0.29, 0.717) is 0 Å². The maximum Gasteiger partial charge on any atom is 0.0421 e. The van der Waals surface area contributed by atoms with Gasteiger partial charge in [-0.3, -0.25) is 0 Å². The third-order valence-corrected chi connectivity index (χ3v) is 7.83. The second-order valence-electron chi connectivity index (χ2n) is 7.50. The van der Waals surface area contributed by atoms with Crippen molar-refractivity contribution in [2.45, 2.75) is 26.7 Å². The summed E-state index contributed by atoms with van der Waals surface area (Å²) in [5.41, 5.74) is 6.87. The van der Waals surface area contributed by atoms with Crippen molar-refractivity contribution in [3.8, 4) is 0 Å². The third kappa shape index (κ3) is 3.17. The molecule has 2 aromatic heterocycles. The lowest BCUT2D eigenvalue weighted by Gasteiger charge is -2.09. The third-order valence-electron chi connectivity index (χ3n) is 5.54. The maximum atomic E-state index is 2.39. The van der Waals surface area contributed by atoms with E-state index in [2.05, 4.69) is 86.0 Å². The zero-order chi connectivity index (χ0) is 19.1. The minimum Gasteiger partial charge on any atom is -0.143 e. The van der Waals surface area contributed by atoms with Crippen molar-refractivity contribution in [2.24, 2.45) is 0 Å². The fourth-order valence-electron chi connectivity index (χ4n) is 3.94. The molecule has 0 atom stereocenters. The van der Waals surface area contributed by atoms with Crippen LogP contribution in [-0.4, -0.2) is 0 Å². The molecule has 0 aliphatic heterocycles. The van der Waals surface area contributed by atoms with E-state index < -0.39 is 0 Å². The Balaban J connectivity index is 1.56. The van der Waals surface area contributed by atoms with Gasteiger partial charge in [0.25, 0.3) is 0 Å². The van der Waals surface area contributed by atoms with Crippen molar-refractivity contribution in [1.82, 2.24) is 0 Å². The summed E-state index contributed by atoms with van der Waals surface area (Å²) in [4.78, 5) is 1.47. The zero-order valence-electron chi connectivity index (χ0n) is 16.2.